The van der Waals surface area contributed by atoms with Crippen LogP contribution in [-0.4, -0.2) is 12.5 Å². The van der Waals surface area contributed by atoms with Crippen LogP contribution in [0.15, 0.2) is 18.5 Å². The first-order valence-corrected chi connectivity index (χ1v) is 13.2. The highest BCUT2D eigenvalue weighted by atomic mass is 28.3. The molecule has 148 valence electrons. The van der Waals surface area contributed by atoms with Gasteiger partial charge in [0.15, 0.2) is 8.24 Å². The van der Waals surface area contributed by atoms with Gasteiger partial charge < -0.3 is 4.23 Å². The summed E-state index contributed by atoms with van der Waals surface area (Å²) >= 11 is 0. The molecule has 1 nitrogen and oxygen atoms in total. The Balaban J connectivity index is 2.56. The number of aryl methyl sites for hydroxylation is 1. The van der Waals surface area contributed by atoms with Crippen molar-refractivity contribution in [3.8, 4) is 11.8 Å². The lowest BCUT2D eigenvalue weighted by atomic mass is 10.1. The fourth-order valence-electron chi connectivity index (χ4n) is 4.91. The van der Waals surface area contributed by atoms with Gasteiger partial charge in [-0.1, -0.05) is 61.3 Å². The molecular formula is C24H43NSi. The van der Waals surface area contributed by atoms with E-state index >= 15 is 0 Å². The molecule has 1 heterocycles. The summed E-state index contributed by atoms with van der Waals surface area (Å²) in [5.41, 5.74) is 3.78. The normalized spacial score (nSPS) is 12.1. The highest BCUT2D eigenvalue weighted by Crippen LogP contribution is 2.42. The van der Waals surface area contributed by atoms with Gasteiger partial charge in [0.1, 0.15) is 0 Å². The van der Waals surface area contributed by atoms with Gasteiger partial charge in [-0.05, 0) is 66.3 Å². The van der Waals surface area contributed by atoms with E-state index in [0.717, 1.165) is 29.5 Å². The summed E-state index contributed by atoms with van der Waals surface area (Å²) in [6.07, 6.45) is 14.6. The van der Waals surface area contributed by atoms with E-state index in [0.29, 0.717) is 0 Å². The molecule has 0 saturated heterocycles. The Morgan fingerprint density at radius 1 is 0.846 bits per heavy atom. The fourth-order valence-corrected chi connectivity index (χ4v) is 11.4. The molecule has 1 rings (SSSR count). The van der Waals surface area contributed by atoms with Gasteiger partial charge in [-0.3, -0.25) is 0 Å². The zero-order chi connectivity index (χ0) is 19.6. The minimum atomic E-state index is -1.56. The molecule has 0 aromatic carbocycles. The van der Waals surface area contributed by atoms with E-state index in [1.807, 2.05) is 0 Å². The van der Waals surface area contributed by atoms with Gasteiger partial charge in [0.25, 0.3) is 0 Å². The standard InChI is InChI=1S/C24H43NSi/c1-8-9-10-11-12-13-14-15-16-17-24-18-19-25(20-24)26(21(2)3,22(4)5)23(6)7/h18-23H,8-11,14-17H2,1-7H3. The van der Waals surface area contributed by atoms with Crippen molar-refractivity contribution in [2.45, 2.75) is 116 Å². The molecule has 0 aliphatic rings. The van der Waals surface area contributed by atoms with Crippen LogP contribution < -0.4 is 0 Å². The molecule has 0 aliphatic carbocycles. The molecule has 0 N–H and O–H groups in total. The fraction of sp³-hybridized carbons (Fsp3) is 0.750. The van der Waals surface area contributed by atoms with E-state index in [1.54, 1.807) is 0 Å². The highest BCUT2D eigenvalue weighted by molar-refractivity contribution is 6.82. The Kier molecular flexibility index (Phi) is 10.4. The molecule has 0 unspecified atom stereocenters. The first kappa shape index (κ1) is 23.1. The second-order valence-corrected chi connectivity index (χ2v) is 14.6. The monoisotopic (exact) mass is 373 g/mol. The van der Waals surface area contributed by atoms with Gasteiger partial charge >= 0.3 is 0 Å². The SMILES string of the molecule is CCCCCC#CCCCCc1ccn([Si](C(C)C)(C(C)C)C(C)C)c1. The van der Waals surface area contributed by atoms with E-state index in [-0.39, 0.29) is 0 Å². The highest BCUT2D eigenvalue weighted by Gasteiger charge is 2.44. The first-order valence-electron chi connectivity index (χ1n) is 11.0. The Bertz CT molecular complexity index is 534. The van der Waals surface area contributed by atoms with Crippen molar-refractivity contribution in [1.29, 1.82) is 0 Å². The van der Waals surface area contributed by atoms with Crippen LogP contribution >= 0.6 is 0 Å². The number of hydrogen-bond donors (Lipinski definition) is 0. The van der Waals surface area contributed by atoms with Gasteiger partial charge in [-0.2, -0.15) is 0 Å². The average Bonchev–Trinajstić information content (AvgIpc) is 3.01. The summed E-state index contributed by atoms with van der Waals surface area (Å²) in [7, 11) is -1.56. The summed E-state index contributed by atoms with van der Waals surface area (Å²) in [4.78, 5) is 0. The second-order valence-electron chi connectivity index (χ2n) is 8.80. The van der Waals surface area contributed by atoms with Crippen LogP contribution in [0.4, 0.5) is 0 Å². The Labute approximate surface area is 165 Å². The maximum Gasteiger partial charge on any atom is 0.168 e. The predicted octanol–water partition coefficient (Wildman–Crippen LogP) is 7.81. The first-order chi connectivity index (χ1) is 12.4. The molecule has 0 aliphatic heterocycles. The van der Waals surface area contributed by atoms with E-state index in [4.69, 9.17) is 0 Å². The number of aromatic nitrogens is 1. The molecule has 0 amide bonds. The van der Waals surface area contributed by atoms with Crippen molar-refractivity contribution < 1.29 is 0 Å². The van der Waals surface area contributed by atoms with Crippen molar-refractivity contribution in [2.75, 3.05) is 0 Å². The summed E-state index contributed by atoms with van der Waals surface area (Å²) in [6, 6.07) is 2.37. The predicted molar refractivity (Wildman–Crippen MR) is 120 cm³/mol. The van der Waals surface area contributed by atoms with Gasteiger partial charge in [0.05, 0.1) is 0 Å². The maximum atomic E-state index is 3.36. The second kappa shape index (κ2) is 11.7. The van der Waals surface area contributed by atoms with E-state index < -0.39 is 8.24 Å². The third-order valence-corrected chi connectivity index (χ3v) is 12.7. The third-order valence-electron chi connectivity index (χ3n) is 6.02. The van der Waals surface area contributed by atoms with Gasteiger partial charge in [0.2, 0.25) is 0 Å². The molecule has 0 atom stereocenters. The van der Waals surface area contributed by atoms with Gasteiger partial charge in [-0.15, -0.1) is 11.8 Å². The Hall–Kier alpha value is -0.943. The van der Waals surface area contributed by atoms with Crippen LogP contribution in [0.3, 0.4) is 0 Å². The molecule has 1 aromatic rings. The molecule has 0 radical (unpaired) electrons. The van der Waals surface area contributed by atoms with Crippen LogP contribution in [0.2, 0.25) is 16.6 Å². The summed E-state index contributed by atoms with van der Waals surface area (Å²) in [6.45, 7) is 16.9. The van der Waals surface area contributed by atoms with E-state index in [1.165, 1.54) is 44.1 Å². The topological polar surface area (TPSA) is 4.93 Å². The van der Waals surface area contributed by atoms with Crippen LogP contribution in [0.5, 0.6) is 0 Å². The zero-order valence-corrected chi connectivity index (χ0v) is 19.6. The summed E-state index contributed by atoms with van der Waals surface area (Å²) in [5, 5.41) is 0. The molecule has 0 fully saturated rings. The summed E-state index contributed by atoms with van der Waals surface area (Å²) in [5.74, 6) is 6.69. The largest absolute Gasteiger partial charge is 0.379 e. The van der Waals surface area contributed by atoms with Crippen LogP contribution in [0, 0.1) is 11.8 Å². The molecule has 1 aromatic heterocycles. The molecule has 2 heteroatoms. The minimum Gasteiger partial charge on any atom is -0.379 e. The van der Waals surface area contributed by atoms with Crippen molar-refractivity contribution in [3.63, 3.8) is 0 Å². The average molecular weight is 374 g/mol. The molecule has 26 heavy (non-hydrogen) atoms. The van der Waals surface area contributed by atoms with Gasteiger partial charge in [0, 0.05) is 12.8 Å². The lowest BCUT2D eigenvalue weighted by Gasteiger charge is -2.44. The van der Waals surface area contributed by atoms with Crippen LogP contribution in [0.1, 0.15) is 99.0 Å². The Morgan fingerprint density at radius 3 is 1.88 bits per heavy atom. The van der Waals surface area contributed by atoms with E-state index in [2.05, 4.69) is 83.0 Å². The third kappa shape index (κ3) is 6.05. The summed E-state index contributed by atoms with van der Waals surface area (Å²) < 4.78 is 2.66. The van der Waals surface area contributed by atoms with Gasteiger partial charge in [-0.25, -0.2) is 0 Å². The number of rotatable bonds is 11. The lowest BCUT2D eigenvalue weighted by Crippen LogP contribution is -2.51. The van der Waals surface area contributed by atoms with Crippen molar-refractivity contribution in [2.24, 2.45) is 0 Å². The zero-order valence-electron chi connectivity index (χ0n) is 18.6. The molecule has 0 saturated carbocycles. The molecular weight excluding hydrogens is 330 g/mol. The number of nitrogens with zero attached hydrogens (tertiary/aromatic N) is 1. The smallest absolute Gasteiger partial charge is 0.168 e. The molecule has 0 bridgehead atoms. The van der Waals surface area contributed by atoms with Crippen LogP contribution in [-0.2, 0) is 6.42 Å². The molecule has 0 spiro atoms. The van der Waals surface area contributed by atoms with E-state index in [9.17, 15) is 0 Å². The minimum absolute atomic E-state index is 0.755. The number of unbranched alkanes of at least 4 members (excludes halogenated alkanes) is 5. The van der Waals surface area contributed by atoms with Crippen LogP contribution in [0.25, 0.3) is 0 Å². The quantitative estimate of drug-likeness (QED) is 0.212. The Morgan fingerprint density at radius 2 is 1.38 bits per heavy atom. The van der Waals surface area contributed by atoms with Crippen molar-refractivity contribution >= 4 is 8.24 Å². The van der Waals surface area contributed by atoms with Crippen molar-refractivity contribution in [3.05, 3.63) is 24.0 Å². The maximum absolute atomic E-state index is 3.36. The number of hydrogen-bond acceptors (Lipinski definition) is 0. The lowest BCUT2D eigenvalue weighted by molar-refractivity contribution is 0.734. The van der Waals surface area contributed by atoms with Crippen molar-refractivity contribution in [1.82, 2.24) is 4.23 Å².